The van der Waals surface area contributed by atoms with Gasteiger partial charge in [0.05, 0.1) is 6.04 Å². The number of aromatic nitrogens is 2. The van der Waals surface area contributed by atoms with E-state index in [1.807, 2.05) is 6.92 Å². The quantitative estimate of drug-likeness (QED) is 0.825. The maximum Gasteiger partial charge on any atom is 0.243 e. The molecule has 1 unspecified atom stereocenters. The van der Waals surface area contributed by atoms with Crippen LogP contribution in [-0.2, 0) is 0 Å². The van der Waals surface area contributed by atoms with Crippen molar-refractivity contribution in [2.75, 3.05) is 0 Å². The predicted molar refractivity (Wildman–Crippen MR) is 55.4 cm³/mol. The number of hydrogen-bond acceptors (Lipinski definition) is 4. The molecule has 1 heterocycles. The zero-order chi connectivity index (χ0) is 9.26. The van der Waals surface area contributed by atoms with Crippen molar-refractivity contribution in [2.45, 2.75) is 44.6 Å². The van der Waals surface area contributed by atoms with Gasteiger partial charge in [0.2, 0.25) is 5.89 Å². The Labute approximate surface area is 89.7 Å². The maximum atomic E-state index is 5.63. The number of nitrogens with two attached hydrogens (primary N) is 1. The van der Waals surface area contributed by atoms with Gasteiger partial charge in [-0.3, -0.25) is 0 Å². The highest BCUT2D eigenvalue weighted by Gasteiger charge is 2.22. The topological polar surface area (TPSA) is 64.9 Å². The fourth-order valence-corrected chi connectivity index (χ4v) is 1.78. The second kappa shape index (κ2) is 4.75. The highest BCUT2D eigenvalue weighted by molar-refractivity contribution is 5.85. The van der Waals surface area contributed by atoms with Crippen LogP contribution in [0, 0.1) is 0 Å². The summed E-state index contributed by atoms with van der Waals surface area (Å²) < 4.78 is 5.05. The third kappa shape index (κ3) is 2.25. The Morgan fingerprint density at radius 2 is 2.07 bits per heavy atom. The van der Waals surface area contributed by atoms with Gasteiger partial charge in [0.15, 0.2) is 5.82 Å². The van der Waals surface area contributed by atoms with E-state index in [9.17, 15) is 0 Å². The van der Waals surface area contributed by atoms with E-state index in [0.717, 1.165) is 5.82 Å². The molecule has 5 heteroatoms. The normalized spacial score (nSPS) is 19.3. The van der Waals surface area contributed by atoms with Crippen LogP contribution in [0.2, 0.25) is 0 Å². The summed E-state index contributed by atoms with van der Waals surface area (Å²) in [5.74, 6) is 1.92. The number of halogens is 1. The average molecular weight is 218 g/mol. The lowest BCUT2D eigenvalue weighted by atomic mass is 10.1. The van der Waals surface area contributed by atoms with Gasteiger partial charge in [0.25, 0.3) is 0 Å². The standard InChI is InChI=1S/C9H15N3O.ClH/c1-6(10)9-11-8(12-13-9)7-4-2-3-5-7;/h6-7H,2-5,10H2,1H3;1H. The van der Waals surface area contributed by atoms with Crippen LogP contribution in [0.25, 0.3) is 0 Å². The van der Waals surface area contributed by atoms with Crippen LogP contribution in [0.4, 0.5) is 0 Å². The van der Waals surface area contributed by atoms with Crippen LogP contribution in [0.1, 0.15) is 56.3 Å². The minimum atomic E-state index is -0.150. The van der Waals surface area contributed by atoms with Crippen molar-refractivity contribution in [1.82, 2.24) is 10.1 Å². The third-order valence-electron chi connectivity index (χ3n) is 2.57. The van der Waals surface area contributed by atoms with Crippen molar-refractivity contribution < 1.29 is 4.52 Å². The molecule has 1 aliphatic rings. The van der Waals surface area contributed by atoms with Gasteiger partial charge in [-0.2, -0.15) is 4.98 Å². The van der Waals surface area contributed by atoms with Gasteiger partial charge >= 0.3 is 0 Å². The molecule has 1 aromatic rings. The van der Waals surface area contributed by atoms with E-state index < -0.39 is 0 Å². The summed E-state index contributed by atoms with van der Waals surface area (Å²) in [7, 11) is 0. The number of rotatable bonds is 2. The van der Waals surface area contributed by atoms with Crippen molar-refractivity contribution in [3.05, 3.63) is 11.7 Å². The van der Waals surface area contributed by atoms with Gasteiger partial charge in [0, 0.05) is 5.92 Å². The molecule has 0 saturated heterocycles. The minimum Gasteiger partial charge on any atom is -0.338 e. The van der Waals surface area contributed by atoms with Gasteiger partial charge < -0.3 is 10.3 Å². The summed E-state index contributed by atoms with van der Waals surface area (Å²) in [6.07, 6.45) is 4.95. The van der Waals surface area contributed by atoms with Gasteiger partial charge in [0.1, 0.15) is 0 Å². The van der Waals surface area contributed by atoms with Crippen molar-refractivity contribution in [3.63, 3.8) is 0 Å². The summed E-state index contributed by atoms with van der Waals surface area (Å²) in [5.41, 5.74) is 5.63. The molecule has 0 amide bonds. The fourth-order valence-electron chi connectivity index (χ4n) is 1.78. The van der Waals surface area contributed by atoms with Crippen LogP contribution >= 0.6 is 12.4 Å². The van der Waals surface area contributed by atoms with Crippen molar-refractivity contribution in [2.24, 2.45) is 5.73 Å². The van der Waals surface area contributed by atoms with Gasteiger partial charge in [-0.25, -0.2) is 0 Å². The third-order valence-corrected chi connectivity index (χ3v) is 2.57. The fraction of sp³-hybridized carbons (Fsp3) is 0.778. The zero-order valence-electron chi connectivity index (χ0n) is 8.27. The minimum absolute atomic E-state index is 0. The second-order valence-corrected chi connectivity index (χ2v) is 3.76. The van der Waals surface area contributed by atoms with Crippen molar-refractivity contribution in [1.29, 1.82) is 0 Å². The summed E-state index contributed by atoms with van der Waals surface area (Å²) in [5, 5.41) is 3.95. The van der Waals surface area contributed by atoms with Crippen LogP contribution in [0.15, 0.2) is 4.52 Å². The van der Waals surface area contributed by atoms with E-state index in [4.69, 9.17) is 10.3 Å². The molecular formula is C9H16ClN3O. The van der Waals surface area contributed by atoms with Gasteiger partial charge in [-0.1, -0.05) is 18.0 Å². The number of hydrogen-bond donors (Lipinski definition) is 1. The highest BCUT2D eigenvalue weighted by atomic mass is 35.5. The molecule has 0 aliphatic heterocycles. The van der Waals surface area contributed by atoms with Crippen LogP contribution in [0.5, 0.6) is 0 Å². The summed E-state index contributed by atoms with van der Waals surface area (Å²) in [6, 6.07) is -0.150. The highest BCUT2D eigenvalue weighted by Crippen LogP contribution is 2.32. The SMILES string of the molecule is CC(N)c1nc(C2CCCC2)no1.Cl. The molecule has 2 rings (SSSR count). The Hall–Kier alpha value is -0.610. The second-order valence-electron chi connectivity index (χ2n) is 3.76. The first-order chi connectivity index (χ1) is 6.27. The zero-order valence-corrected chi connectivity index (χ0v) is 9.09. The van der Waals surface area contributed by atoms with E-state index in [1.54, 1.807) is 0 Å². The van der Waals surface area contributed by atoms with Crippen LogP contribution < -0.4 is 5.73 Å². The van der Waals surface area contributed by atoms with E-state index in [2.05, 4.69) is 10.1 Å². The summed E-state index contributed by atoms with van der Waals surface area (Å²) >= 11 is 0. The molecule has 4 nitrogen and oxygen atoms in total. The van der Waals surface area contributed by atoms with Gasteiger partial charge in [-0.05, 0) is 19.8 Å². The Kier molecular flexibility index (Phi) is 3.89. The Bertz CT molecular complexity index is 281. The summed E-state index contributed by atoms with van der Waals surface area (Å²) in [4.78, 5) is 4.29. The van der Waals surface area contributed by atoms with Crippen LogP contribution in [-0.4, -0.2) is 10.1 Å². The molecule has 1 aliphatic carbocycles. The van der Waals surface area contributed by atoms with E-state index in [-0.39, 0.29) is 18.4 Å². The van der Waals surface area contributed by atoms with Crippen molar-refractivity contribution in [3.8, 4) is 0 Å². The maximum absolute atomic E-state index is 5.63. The lowest BCUT2D eigenvalue weighted by Gasteiger charge is -1.99. The molecule has 14 heavy (non-hydrogen) atoms. The molecule has 80 valence electrons. The molecule has 1 aromatic heterocycles. The lowest BCUT2D eigenvalue weighted by Crippen LogP contribution is -2.05. The first kappa shape index (κ1) is 11.5. The predicted octanol–water partition coefficient (Wildman–Crippen LogP) is 2.17. The Morgan fingerprint density at radius 1 is 1.43 bits per heavy atom. The molecule has 0 radical (unpaired) electrons. The van der Waals surface area contributed by atoms with E-state index >= 15 is 0 Å². The smallest absolute Gasteiger partial charge is 0.243 e. The van der Waals surface area contributed by atoms with E-state index in [0.29, 0.717) is 11.8 Å². The first-order valence-electron chi connectivity index (χ1n) is 4.86. The van der Waals surface area contributed by atoms with Crippen LogP contribution in [0.3, 0.4) is 0 Å². The Balaban J connectivity index is 0.000000980. The Morgan fingerprint density at radius 3 is 2.57 bits per heavy atom. The van der Waals surface area contributed by atoms with Gasteiger partial charge in [-0.15, -0.1) is 12.4 Å². The number of nitrogens with zero attached hydrogens (tertiary/aromatic N) is 2. The molecule has 2 N–H and O–H groups in total. The van der Waals surface area contributed by atoms with Crippen molar-refractivity contribution >= 4 is 12.4 Å². The monoisotopic (exact) mass is 217 g/mol. The molecule has 0 aromatic carbocycles. The molecular weight excluding hydrogens is 202 g/mol. The summed E-state index contributed by atoms with van der Waals surface area (Å²) in [6.45, 7) is 1.85. The lowest BCUT2D eigenvalue weighted by molar-refractivity contribution is 0.354. The molecule has 1 saturated carbocycles. The first-order valence-corrected chi connectivity index (χ1v) is 4.86. The molecule has 0 bridgehead atoms. The molecule has 1 atom stereocenters. The average Bonchev–Trinajstić information content (AvgIpc) is 2.75. The largest absolute Gasteiger partial charge is 0.338 e. The molecule has 0 spiro atoms. The van der Waals surface area contributed by atoms with E-state index in [1.165, 1.54) is 25.7 Å². The molecule has 1 fully saturated rings.